The van der Waals surface area contributed by atoms with Gasteiger partial charge in [-0.1, -0.05) is 23.7 Å². The van der Waals surface area contributed by atoms with E-state index < -0.39 is 5.82 Å². The molecule has 8 heteroatoms. The highest BCUT2D eigenvalue weighted by atomic mass is 35.5. The van der Waals surface area contributed by atoms with Crippen molar-refractivity contribution in [3.63, 3.8) is 0 Å². The molecule has 0 bridgehead atoms. The van der Waals surface area contributed by atoms with Crippen LogP contribution in [0.25, 0.3) is 10.2 Å². The van der Waals surface area contributed by atoms with Gasteiger partial charge < -0.3 is 10.1 Å². The standard InChI is InChI=1S/C22H23ClFN3O2S/c1-13(2)26-21(28)20-19(15-4-3-7-25-22(15)30-20)18-12-27(8-9-29-18)11-14-5-6-16(23)17(24)10-14/h3-7,10,13,18H,8-9,11-12H2,1-2H3,(H,26,28)/t18-/m0/s1. The van der Waals surface area contributed by atoms with Crippen molar-refractivity contribution in [2.75, 3.05) is 19.7 Å². The van der Waals surface area contributed by atoms with Crippen molar-refractivity contribution in [1.29, 1.82) is 0 Å². The molecule has 4 rings (SSSR count). The zero-order valence-electron chi connectivity index (χ0n) is 16.8. The average molecular weight is 448 g/mol. The maximum atomic E-state index is 13.8. The summed E-state index contributed by atoms with van der Waals surface area (Å²) in [4.78, 5) is 21.0. The third-order valence-corrected chi connectivity index (χ3v) is 6.43. The van der Waals surface area contributed by atoms with E-state index in [0.717, 1.165) is 27.9 Å². The Morgan fingerprint density at radius 3 is 3.03 bits per heavy atom. The number of aromatic nitrogens is 1. The first-order valence-corrected chi connectivity index (χ1v) is 11.1. The molecular formula is C22H23ClFN3O2S. The lowest BCUT2D eigenvalue weighted by Gasteiger charge is -2.33. The summed E-state index contributed by atoms with van der Waals surface area (Å²) in [6, 6.07) is 8.78. The highest BCUT2D eigenvalue weighted by Gasteiger charge is 2.30. The lowest BCUT2D eigenvalue weighted by molar-refractivity contribution is -0.0323. The van der Waals surface area contributed by atoms with Gasteiger partial charge in [-0.05, 0) is 37.6 Å². The molecule has 3 aromatic rings. The second-order valence-electron chi connectivity index (χ2n) is 7.67. The van der Waals surface area contributed by atoms with Gasteiger partial charge in [-0.15, -0.1) is 11.3 Å². The number of carbonyl (C=O) groups is 1. The van der Waals surface area contributed by atoms with E-state index in [9.17, 15) is 9.18 Å². The van der Waals surface area contributed by atoms with E-state index in [-0.39, 0.29) is 23.1 Å². The summed E-state index contributed by atoms with van der Waals surface area (Å²) < 4.78 is 19.9. The van der Waals surface area contributed by atoms with Crippen LogP contribution in [0.1, 0.15) is 40.8 Å². The summed E-state index contributed by atoms with van der Waals surface area (Å²) in [5.74, 6) is -0.523. The monoisotopic (exact) mass is 447 g/mol. The van der Waals surface area contributed by atoms with Crippen LogP contribution in [0.4, 0.5) is 4.39 Å². The van der Waals surface area contributed by atoms with E-state index in [1.165, 1.54) is 17.4 Å². The molecule has 1 N–H and O–H groups in total. The molecular weight excluding hydrogens is 425 g/mol. The summed E-state index contributed by atoms with van der Waals surface area (Å²) in [6.07, 6.45) is 1.47. The van der Waals surface area contributed by atoms with E-state index in [1.807, 2.05) is 32.0 Å². The smallest absolute Gasteiger partial charge is 0.262 e. The number of nitrogens with one attached hydrogen (secondary N) is 1. The molecule has 1 aromatic carbocycles. The number of thiophene rings is 1. The molecule has 0 radical (unpaired) electrons. The van der Waals surface area contributed by atoms with Crippen LogP contribution in [0.15, 0.2) is 36.5 Å². The molecule has 0 saturated carbocycles. The Balaban J connectivity index is 1.62. The topological polar surface area (TPSA) is 54.5 Å². The minimum atomic E-state index is -0.415. The minimum Gasteiger partial charge on any atom is -0.371 e. The molecule has 2 aromatic heterocycles. The number of carbonyl (C=O) groups excluding carboxylic acids is 1. The number of morpholine rings is 1. The van der Waals surface area contributed by atoms with E-state index in [1.54, 1.807) is 12.3 Å². The number of rotatable bonds is 5. The van der Waals surface area contributed by atoms with Crippen LogP contribution >= 0.6 is 22.9 Å². The maximum Gasteiger partial charge on any atom is 0.262 e. The molecule has 1 aliphatic heterocycles. The first kappa shape index (κ1) is 21.2. The second kappa shape index (κ2) is 8.98. The van der Waals surface area contributed by atoms with Gasteiger partial charge in [0, 0.05) is 42.8 Å². The van der Waals surface area contributed by atoms with E-state index in [2.05, 4.69) is 15.2 Å². The van der Waals surface area contributed by atoms with Gasteiger partial charge in [0.1, 0.15) is 15.5 Å². The van der Waals surface area contributed by atoms with Crippen molar-refractivity contribution in [2.24, 2.45) is 0 Å². The molecule has 3 heterocycles. The number of nitrogens with zero attached hydrogens (tertiary/aromatic N) is 2. The summed E-state index contributed by atoms with van der Waals surface area (Å²) in [5.41, 5.74) is 1.74. The summed E-state index contributed by atoms with van der Waals surface area (Å²) in [7, 11) is 0. The van der Waals surface area contributed by atoms with Gasteiger partial charge in [-0.3, -0.25) is 9.69 Å². The largest absolute Gasteiger partial charge is 0.371 e. The fourth-order valence-electron chi connectivity index (χ4n) is 3.68. The van der Waals surface area contributed by atoms with Gasteiger partial charge in [-0.2, -0.15) is 0 Å². The number of benzene rings is 1. The minimum absolute atomic E-state index is 0.0343. The van der Waals surface area contributed by atoms with Crippen molar-refractivity contribution < 1.29 is 13.9 Å². The number of fused-ring (bicyclic) bond motifs is 1. The fraction of sp³-hybridized carbons (Fsp3) is 0.364. The molecule has 0 spiro atoms. The van der Waals surface area contributed by atoms with Crippen LogP contribution in [0.2, 0.25) is 5.02 Å². The Bertz CT molecular complexity index is 1070. The van der Waals surface area contributed by atoms with Gasteiger partial charge in [0.15, 0.2) is 0 Å². The first-order chi connectivity index (χ1) is 14.4. The third-order valence-electron chi connectivity index (χ3n) is 4.99. The van der Waals surface area contributed by atoms with Crippen LogP contribution in [0, 0.1) is 5.82 Å². The molecule has 1 atom stereocenters. The molecule has 30 heavy (non-hydrogen) atoms. The molecule has 0 aliphatic carbocycles. The molecule has 0 unspecified atom stereocenters. The second-order valence-corrected chi connectivity index (χ2v) is 9.08. The predicted octanol–water partition coefficient (Wildman–Crippen LogP) is 4.80. The quantitative estimate of drug-likeness (QED) is 0.610. The maximum absolute atomic E-state index is 13.8. The highest BCUT2D eigenvalue weighted by Crippen LogP contribution is 2.37. The summed E-state index contributed by atoms with van der Waals surface area (Å²) in [6.45, 7) is 6.33. The third kappa shape index (κ3) is 4.49. The Hall–Kier alpha value is -2.06. The zero-order chi connectivity index (χ0) is 21.3. The Morgan fingerprint density at radius 1 is 1.43 bits per heavy atom. The van der Waals surface area contributed by atoms with Gasteiger partial charge >= 0.3 is 0 Å². The first-order valence-electron chi connectivity index (χ1n) is 9.88. The predicted molar refractivity (Wildman–Crippen MR) is 118 cm³/mol. The lowest BCUT2D eigenvalue weighted by atomic mass is 10.0. The van der Waals surface area contributed by atoms with Gasteiger partial charge in [0.25, 0.3) is 5.91 Å². The van der Waals surface area contributed by atoms with Crippen LogP contribution < -0.4 is 5.32 Å². The van der Waals surface area contributed by atoms with Crippen molar-refractivity contribution in [2.45, 2.75) is 32.5 Å². The Labute approximate surface area is 183 Å². The molecule has 1 saturated heterocycles. The summed E-state index contributed by atoms with van der Waals surface area (Å²) in [5, 5.41) is 4.05. The van der Waals surface area contributed by atoms with Crippen molar-refractivity contribution in [3.8, 4) is 0 Å². The number of ether oxygens (including phenoxy) is 1. The lowest BCUT2D eigenvalue weighted by Crippen LogP contribution is -2.38. The normalized spacial score (nSPS) is 17.6. The van der Waals surface area contributed by atoms with E-state index >= 15 is 0 Å². The molecule has 1 amide bonds. The van der Waals surface area contributed by atoms with Crippen molar-refractivity contribution in [1.82, 2.24) is 15.2 Å². The molecule has 158 valence electrons. The van der Waals surface area contributed by atoms with Crippen molar-refractivity contribution in [3.05, 3.63) is 63.4 Å². The van der Waals surface area contributed by atoms with Gasteiger partial charge in [0.05, 0.1) is 17.7 Å². The number of halogens is 2. The van der Waals surface area contributed by atoms with E-state index in [0.29, 0.717) is 24.6 Å². The van der Waals surface area contributed by atoms with Crippen molar-refractivity contribution >= 4 is 39.1 Å². The Morgan fingerprint density at radius 2 is 2.27 bits per heavy atom. The van der Waals surface area contributed by atoms with Gasteiger partial charge in [-0.25, -0.2) is 9.37 Å². The molecule has 1 aliphatic rings. The van der Waals surface area contributed by atoms with Crippen LogP contribution in [0.3, 0.4) is 0 Å². The average Bonchev–Trinajstić information content (AvgIpc) is 3.10. The Kier molecular flexibility index (Phi) is 6.34. The van der Waals surface area contributed by atoms with Crippen LogP contribution in [0.5, 0.6) is 0 Å². The molecule has 5 nitrogen and oxygen atoms in total. The fourth-order valence-corrected chi connectivity index (χ4v) is 4.90. The summed E-state index contributed by atoms with van der Waals surface area (Å²) >= 11 is 7.19. The van der Waals surface area contributed by atoms with Crippen LogP contribution in [-0.2, 0) is 11.3 Å². The van der Waals surface area contributed by atoms with Crippen LogP contribution in [-0.4, -0.2) is 41.5 Å². The SMILES string of the molecule is CC(C)NC(=O)c1sc2ncccc2c1[C@@H]1CN(Cc2ccc(Cl)c(F)c2)CCO1. The van der Waals surface area contributed by atoms with Gasteiger partial charge in [0.2, 0.25) is 0 Å². The number of hydrogen-bond donors (Lipinski definition) is 1. The molecule has 1 fully saturated rings. The highest BCUT2D eigenvalue weighted by molar-refractivity contribution is 7.20. The number of pyridine rings is 1. The zero-order valence-corrected chi connectivity index (χ0v) is 18.4. The van der Waals surface area contributed by atoms with E-state index in [4.69, 9.17) is 16.3 Å². The number of amides is 1. The number of hydrogen-bond acceptors (Lipinski definition) is 5.